The van der Waals surface area contributed by atoms with Crippen LogP contribution < -0.4 is 0 Å². The van der Waals surface area contributed by atoms with Gasteiger partial charge in [-0.25, -0.2) is 0 Å². The largest absolute Gasteiger partial charge is 2.00 e. The van der Waals surface area contributed by atoms with Gasteiger partial charge in [-0.05, 0) is 60.7 Å². The Labute approximate surface area is 234 Å². The van der Waals surface area contributed by atoms with E-state index in [-0.39, 0.29) is 21.1 Å². The smallest absolute Gasteiger partial charge is 0.414 e. The molecule has 0 unspecified atom stereocenters. The number of thiol groups is 2. The van der Waals surface area contributed by atoms with Crippen molar-refractivity contribution in [3.8, 4) is 11.6 Å². The molecule has 0 N–H and O–H groups in total. The summed E-state index contributed by atoms with van der Waals surface area (Å²) in [6.45, 7) is 4.25. The predicted octanol–water partition coefficient (Wildman–Crippen LogP) is 5.08. The van der Waals surface area contributed by atoms with Gasteiger partial charge in [0.25, 0.3) is 0 Å². The van der Waals surface area contributed by atoms with Crippen molar-refractivity contribution in [1.82, 2.24) is 29.1 Å². The molecule has 11 heteroatoms. The molecule has 180 valence electrons. The first-order chi connectivity index (χ1) is 15.9. The molecule has 0 saturated heterocycles. The van der Waals surface area contributed by atoms with Crippen molar-refractivity contribution < 1.29 is 21.1 Å². The average molecular weight is 708 g/mol. The van der Waals surface area contributed by atoms with Gasteiger partial charge in [0, 0.05) is 34.5 Å². The maximum Gasteiger partial charge on any atom is 2.00 e. The molecule has 4 aromatic rings. The fourth-order valence-corrected chi connectivity index (χ4v) is 5.53. The van der Waals surface area contributed by atoms with Crippen molar-refractivity contribution >= 4 is 48.8 Å². The SMILES string of the molecule is CSc1n[c-]n(-c2cccc(C(C)(C)c3cccc(-n4[c-]nc(CS)c4CS)n3)n2)c1SC.[Pt+2]. The molecular formula is C23H24N6PtS4. The zero-order valence-corrected chi connectivity index (χ0v) is 24.8. The quantitative estimate of drug-likeness (QED) is 0.152. The number of rotatable bonds is 8. The molecule has 0 aromatic carbocycles. The van der Waals surface area contributed by atoms with E-state index in [1.807, 2.05) is 58.0 Å². The average Bonchev–Trinajstić information content (AvgIpc) is 3.47. The van der Waals surface area contributed by atoms with Crippen LogP contribution in [0.3, 0.4) is 0 Å². The fraction of sp³-hybridized carbons (Fsp3) is 0.304. The van der Waals surface area contributed by atoms with Gasteiger partial charge < -0.3 is 19.1 Å². The first-order valence-corrected chi connectivity index (χ1v) is 13.9. The predicted molar refractivity (Wildman–Crippen MR) is 141 cm³/mol. The van der Waals surface area contributed by atoms with Gasteiger partial charge in [-0.15, -0.1) is 0 Å². The molecule has 4 rings (SSSR count). The molecular weight excluding hydrogens is 684 g/mol. The fourth-order valence-electron chi connectivity index (χ4n) is 3.52. The Kier molecular flexibility index (Phi) is 9.42. The van der Waals surface area contributed by atoms with Crippen LogP contribution in [0.1, 0.15) is 36.6 Å². The third kappa shape index (κ3) is 5.16. The summed E-state index contributed by atoms with van der Waals surface area (Å²) in [7, 11) is 0. The summed E-state index contributed by atoms with van der Waals surface area (Å²) in [5.41, 5.74) is 3.17. The number of pyridine rings is 2. The van der Waals surface area contributed by atoms with Crippen molar-refractivity contribution in [2.45, 2.75) is 40.8 Å². The van der Waals surface area contributed by atoms with Gasteiger partial charge >= 0.3 is 21.1 Å². The van der Waals surface area contributed by atoms with E-state index in [0.29, 0.717) is 11.5 Å². The van der Waals surface area contributed by atoms with Gasteiger partial charge in [0.05, 0.1) is 11.6 Å². The Morgan fingerprint density at radius 1 is 0.853 bits per heavy atom. The van der Waals surface area contributed by atoms with E-state index in [0.717, 1.165) is 44.5 Å². The Balaban J connectivity index is 0.00000324. The van der Waals surface area contributed by atoms with E-state index >= 15 is 0 Å². The second-order valence-electron chi connectivity index (χ2n) is 7.71. The normalized spacial score (nSPS) is 11.5. The molecule has 0 aliphatic rings. The Bertz CT molecular complexity index is 1170. The van der Waals surface area contributed by atoms with Crippen LogP contribution in [-0.4, -0.2) is 41.6 Å². The van der Waals surface area contributed by atoms with E-state index in [9.17, 15) is 0 Å². The van der Waals surface area contributed by atoms with Crippen molar-refractivity contribution in [3.05, 3.63) is 71.8 Å². The molecule has 0 bridgehead atoms. The first-order valence-electron chi connectivity index (χ1n) is 10.2. The molecule has 0 radical (unpaired) electrons. The van der Waals surface area contributed by atoms with E-state index in [2.05, 4.69) is 61.7 Å². The minimum Gasteiger partial charge on any atom is -0.414 e. The topological polar surface area (TPSA) is 61.4 Å². The molecule has 0 atom stereocenters. The van der Waals surface area contributed by atoms with Gasteiger partial charge in [0.1, 0.15) is 0 Å². The van der Waals surface area contributed by atoms with Gasteiger partial charge in [-0.3, -0.25) is 9.97 Å². The number of thioether (sulfide) groups is 2. The molecule has 0 amide bonds. The minimum absolute atomic E-state index is 0. The van der Waals surface area contributed by atoms with Gasteiger partial charge in [0.2, 0.25) is 0 Å². The third-order valence-electron chi connectivity index (χ3n) is 5.42. The third-order valence-corrected chi connectivity index (χ3v) is 7.58. The molecule has 0 saturated carbocycles. The van der Waals surface area contributed by atoms with Gasteiger partial charge in [-0.1, -0.05) is 30.0 Å². The van der Waals surface area contributed by atoms with Crippen molar-refractivity contribution in [3.63, 3.8) is 0 Å². The van der Waals surface area contributed by atoms with E-state index in [1.165, 1.54) is 0 Å². The maximum atomic E-state index is 4.98. The summed E-state index contributed by atoms with van der Waals surface area (Å²) in [5.74, 6) is 2.59. The van der Waals surface area contributed by atoms with Crippen LogP contribution in [-0.2, 0) is 38.0 Å². The Morgan fingerprint density at radius 2 is 1.44 bits per heavy atom. The van der Waals surface area contributed by atoms with E-state index < -0.39 is 5.41 Å². The van der Waals surface area contributed by atoms with Crippen LogP contribution in [0.4, 0.5) is 0 Å². The molecule has 0 aliphatic carbocycles. The van der Waals surface area contributed by atoms with Crippen molar-refractivity contribution in [2.75, 3.05) is 12.5 Å². The Morgan fingerprint density at radius 3 is 1.97 bits per heavy atom. The monoisotopic (exact) mass is 707 g/mol. The summed E-state index contributed by atoms with van der Waals surface area (Å²) < 4.78 is 3.77. The molecule has 4 aromatic heterocycles. The molecule has 0 fully saturated rings. The summed E-state index contributed by atoms with van der Waals surface area (Å²) in [6.07, 6.45) is 10.2. The molecule has 34 heavy (non-hydrogen) atoms. The molecule has 4 heterocycles. The number of imidazole rings is 2. The van der Waals surface area contributed by atoms with Crippen LogP contribution >= 0.6 is 48.8 Å². The zero-order valence-electron chi connectivity index (χ0n) is 19.1. The summed E-state index contributed by atoms with van der Waals surface area (Å²) in [4.78, 5) is 18.7. The standard InChI is InChI=1S/C23H24N6S4.Pt/c1-23(2,17-7-5-9-19(26-17)28-13-24-15(11-30)16(28)12-31)18-8-6-10-20(27-18)29-14-25-21(32-3)22(29)33-4;/h5-10,30-31H,11-12H2,1-4H3;/q-2;+2. The van der Waals surface area contributed by atoms with Crippen molar-refractivity contribution in [1.29, 1.82) is 0 Å². The van der Waals surface area contributed by atoms with Crippen LogP contribution in [0.2, 0.25) is 0 Å². The number of nitrogens with zero attached hydrogens (tertiary/aromatic N) is 6. The zero-order chi connectivity index (χ0) is 23.6. The maximum absolute atomic E-state index is 4.98. The number of aromatic nitrogens is 6. The van der Waals surface area contributed by atoms with Crippen LogP contribution in [0, 0.1) is 12.7 Å². The summed E-state index contributed by atoms with van der Waals surface area (Å²) in [5, 5.41) is 1.97. The second kappa shape index (κ2) is 11.7. The van der Waals surface area contributed by atoms with Gasteiger partial charge in [0.15, 0.2) is 0 Å². The van der Waals surface area contributed by atoms with Gasteiger partial charge in [-0.2, -0.15) is 48.8 Å². The van der Waals surface area contributed by atoms with Crippen LogP contribution in [0.5, 0.6) is 0 Å². The summed E-state index contributed by atoms with van der Waals surface area (Å²) in [6, 6.07) is 12.0. The summed E-state index contributed by atoms with van der Waals surface area (Å²) >= 11 is 12.1. The van der Waals surface area contributed by atoms with E-state index in [1.54, 1.807) is 23.5 Å². The molecule has 6 nitrogen and oxygen atoms in total. The van der Waals surface area contributed by atoms with Crippen LogP contribution in [0.25, 0.3) is 11.6 Å². The Hall–Kier alpha value is -1.19. The minimum atomic E-state index is -0.442. The second-order valence-corrected chi connectivity index (χ2v) is 9.93. The molecule has 0 spiro atoms. The first kappa shape index (κ1) is 27.4. The molecule has 0 aliphatic heterocycles. The van der Waals surface area contributed by atoms with Crippen molar-refractivity contribution in [2.24, 2.45) is 0 Å². The number of hydrogen-bond acceptors (Lipinski definition) is 8. The number of hydrogen-bond donors (Lipinski definition) is 2. The van der Waals surface area contributed by atoms with Crippen LogP contribution in [0.15, 0.2) is 46.5 Å². The van der Waals surface area contributed by atoms with E-state index in [4.69, 9.17) is 9.97 Å².